The molecule has 3 rings (SSSR count). The van der Waals surface area contributed by atoms with Gasteiger partial charge in [-0.2, -0.15) is 0 Å². The van der Waals surface area contributed by atoms with E-state index in [1.807, 2.05) is 71.8 Å². The molecule has 0 radical (unpaired) electrons. The number of carbonyl (C=O) groups excluding carboxylic acids is 1. The molecule has 0 fully saturated rings. The third kappa shape index (κ3) is 4.05. The van der Waals surface area contributed by atoms with Gasteiger partial charge >= 0.3 is 0 Å². The van der Waals surface area contributed by atoms with Crippen LogP contribution in [0.3, 0.4) is 0 Å². The Morgan fingerprint density at radius 3 is 2.41 bits per heavy atom. The van der Waals surface area contributed by atoms with Crippen LogP contribution in [0.15, 0.2) is 48.5 Å². The second kappa shape index (κ2) is 8.58. The predicted octanol–water partition coefficient (Wildman–Crippen LogP) is 3.49. The number of methoxy groups -OCH3 is 1. The number of hydrogen-bond donors (Lipinski definition) is 0. The molecular formula is C21H25N3O3. The molecule has 0 unspecified atom stereocenters. The van der Waals surface area contributed by atoms with E-state index in [4.69, 9.17) is 9.47 Å². The summed E-state index contributed by atoms with van der Waals surface area (Å²) in [6, 6.07) is 15.3. The smallest absolute Gasteiger partial charge is 0.242 e. The number of likely N-dealkylation sites (N-methyl/N-ethyl adjacent to an activating group) is 1. The van der Waals surface area contributed by atoms with Gasteiger partial charge in [0.2, 0.25) is 5.91 Å². The molecule has 0 N–H and O–H groups in total. The number of para-hydroxylation sites is 4. The van der Waals surface area contributed by atoms with Crippen molar-refractivity contribution in [2.75, 3.05) is 20.2 Å². The van der Waals surface area contributed by atoms with Gasteiger partial charge in [-0.15, -0.1) is 0 Å². The summed E-state index contributed by atoms with van der Waals surface area (Å²) < 4.78 is 13.2. The molecule has 0 saturated carbocycles. The van der Waals surface area contributed by atoms with Gasteiger partial charge in [0, 0.05) is 13.1 Å². The highest BCUT2D eigenvalue weighted by Gasteiger charge is 2.17. The van der Waals surface area contributed by atoms with E-state index in [0.29, 0.717) is 30.4 Å². The van der Waals surface area contributed by atoms with Crippen molar-refractivity contribution in [1.29, 1.82) is 0 Å². The average Bonchev–Trinajstić information content (AvgIpc) is 3.05. The van der Waals surface area contributed by atoms with E-state index in [1.165, 1.54) is 0 Å². The second-order valence-electron chi connectivity index (χ2n) is 6.11. The maximum Gasteiger partial charge on any atom is 0.242 e. The quantitative estimate of drug-likeness (QED) is 0.611. The van der Waals surface area contributed by atoms with Crippen LogP contribution in [0.5, 0.6) is 11.5 Å². The van der Waals surface area contributed by atoms with E-state index >= 15 is 0 Å². The van der Waals surface area contributed by atoms with Gasteiger partial charge in [0.15, 0.2) is 11.5 Å². The normalized spacial score (nSPS) is 10.8. The molecule has 1 heterocycles. The lowest BCUT2D eigenvalue weighted by atomic mass is 10.3. The first-order valence-corrected chi connectivity index (χ1v) is 9.15. The summed E-state index contributed by atoms with van der Waals surface area (Å²) in [5.41, 5.74) is 1.78. The minimum Gasteiger partial charge on any atom is -0.493 e. The fourth-order valence-electron chi connectivity index (χ4n) is 3.10. The van der Waals surface area contributed by atoms with Gasteiger partial charge in [-0.1, -0.05) is 24.3 Å². The molecule has 0 saturated heterocycles. The first-order chi connectivity index (χ1) is 13.2. The van der Waals surface area contributed by atoms with Gasteiger partial charge in [0.05, 0.1) is 18.1 Å². The second-order valence-corrected chi connectivity index (χ2v) is 6.11. The van der Waals surface area contributed by atoms with E-state index in [9.17, 15) is 4.79 Å². The van der Waals surface area contributed by atoms with Gasteiger partial charge in [-0.05, 0) is 38.1 Å². The van der Waals surface area contributed by atoms with Crippen LogP contribution in [-0.2, 0) is 17.9 Å². The number of nitrogens with zero attached hydrogens (tertiary/aromatic N) is 3. The predicted molar refractivity (Wildman–Crippen MR) is 105 cm³/mol. The van der Waals surface area contributed by atoms with Crippen molar-refractivity contribution < 1.29 is 14.3 Å². The van der Waals surface area contributed by atoms with Crippen molar-refractivity contribution in [3.63, 3.8) is 0 Å². The Balaban J connectivity index is 1.89. The van der Waals surface area contributed by atoms with Crippen LogP contribution in [0, 0.1) is 0 Å². The highest BCUT2D eigenvalue weighted by molar-refractivity contribution is 5.81. The van der Waals surface area contributed by atoms with Gasteiger partial charge in [-0.3, -0.25) is 4.79 Å². The lowest BCUT2D eigenvalue weighted by molar-refractivity contribution is -0.131. The monoisotopic (exact) mass is 367 g/mol. The molecule has 1 amide bonds. The molecule has 0 bridgehead atoms. The van der Waals surface area contributed by atoms with Crippen LogP contribution in [0.25, 0.3) is 11.0 Å². The Labute approximate surface area is 159 Å². The number of imidazole rings is 1. The molecule has 0 aliphatic carbocycles. The van der Waals surface area contributed by atoms with Crippen LogP contribution in [-0.4, -0.2) is 40.6 Å². The Hall–Kier alpha value is -3.02. The van der Waals surface area contributed by atoms with Crippen LogP contribution in [0.2, 0.25) is 0 Å². The lowest BCUT2D eigenvalue weighted by Crippen LogP contribution is -2.33. The van der Waals surface area contributed by atoms with E-state index in [0.717, 1.165) is 11.0 Å². The van der Waals surface area contributed by atoms with Crippen molar-refractivity contribution in [2.45, 2.75) is 27.0 Å². The molecule has 6 heteroatoms. The number of hydrogen-bond acceptors (Lipinski definition) is 4. The molecule has 142 valence electrons. The number of ether oxygens (including phenoxy) is 2. The molecule has 2 aromatic carbocycles. The summed E-state index contributed by atoms with van der Waals surface area (Å²) in [6.45, 7) is 5.84. The summed E-state index contributed by atoms with van der Waals surface area (Å²) in [5, 5.41) is 0. The van der Waals surface area contributed by atoms with Crippen LogP contribution >= 0.6 is 0 Å². The number of fused-ring (bicyclic) bond motifs is 1. The molecule has 3 aromatic rings. The Kier molecular flexibility index (Phi) is 5.96. The standard InChI is InChI=1S/C21H25N3O3/c1-4-23(5-2)21(25)14-24-17-11-7-6-10-16(17)22-20(24)15-27-19-13-9-8-12-18(19)26-3/h6-13H,4-5,14-15H2,1-3H3. The van der Waals surface area contributed by atoms with Crippen molar-refractivity contribution in [1.82, 2.24) is 14.5 Å². The summed E-state index contributed by atoms with van der Waals surface area (Å²) in [5.74, 6) is 2.09. The highest BCUT2D eigenvalue weighted by Crippen LogP contribution is 2.27. The number of rotatable bonds is 8. The number of amides is 1. The zero-order valence-electron chi connectivity index (χ0n) is 16.0. The average molecular weight is 367 g/mol. The fourth-order valence-corrected chi connectivity index (χ4v) is 3.10. The van der Waals surface area contributed by atoms with Crippen molar-refractivity contribution in [3.8, 4) is 11.5 Å². The SMILES string of the molecule is CCN(CC)C(=O)Cn1c(COc2ccccc2OC)nc2ccccc21. The van der Waals surface area contributed by atoms with Gasteiger partial charge < -0.3 is 18.9 Å². The number of carbonyl (C=O) groups is 1. The van der Waals surface area contributed by atoms with Crippen LogP contribution < -0.4 is 9.47 Å². The zero-order chi connectivity index (χ0) is 19.2. The maximum atomic E-state index is 12.7. The lowest BCUT2D eigenvalue weighted by Gasteiger charge is -2.20. The van der Waals surface area contributed by atoms with Gasteiger partial charge in [0.25, 0.3) is 0 Å². The minimum absolute atomic E-state index is 0.0710. The third-order valence-electron chi connectivity index (χ3n) is 4.57. The van der Waals surface area contributed by atoms with Crippen molar-refractivity contribution in [2.24, 2.45) is 0 Å². The first kappa shape index (κ1) is 18.8. The molecule has 0 atom stereocenters. The van der Waals surface area contributed by atoms with Gasteiger partial charge in [-0.25, -0.2) is 4.98 Å². The minimum atomic E-state index is 0.0710. The molecule has 0 aliphatic rings. The Morgan fingerprint density at radius 2 is 1.70 bits per heavy atom. The van der Waals surface area contributed by atoms with E-state index in [1.54, 1.807) is 7.11 Å². The fraction of sp³-hybridized carbons (Fsp3) is 0.333. The number of benzene rings is 2. The first-order valence-electron chi connectivity index (χ1n) is 9.15. The molecule has 6 nitrogen and oxygen atoms in total. The zero-order valence-corrected chi connectivity index (χ0v) is 16.0. The molecular weight excluding hydrogens is 342 g/mol. The highest BCUT2D eigenvalue weighted by atomic mass is 16.5. The summed E-state index contributed by atoms with van der Waals surface area (Å²) in [6.07, 6.45) is 0. The topological polar surface area (TPSA) is 56.6 Å². The number of aromatic nitrogens is 2. The Bertz CT molecular complexity index is 916. The van der Waals surface area contributed by atoms with Gasteiger partial charge in [0.1, 0.15) is 19.0 Å². The van der Waals surface area contributed by atoms with Crippen molar-refractivity contribution in [3.05, 3.63) is 54.4 Å². The third-order valence-corrected chi connectivity index (χ3v) is 4.57. The molecule has 27 heavy (non-hydrogen) atoms. The van der Waals surface area contributed by atoms with Crippen LogP contribution in [0.1, 0.15) is 19.7 Å². The maximum absolute atomic E-state index is 12.7. The Morgan fingerprint density at radius 1 is 1.04 bits per heavy atom. The van der Waals surface area contributed by atoms with E-state index in [2.05, 4.69) is 4.98 Å². The van der Waals surface area contributed by atoms with E-state index < -0.39 is 0 Å². The summed E-state index contributed by atoms with van der Waals surface area (Å²) >= 11 is 0. The van der Waals surface area contributed by atoms with Crippen LogP contribution in [0.4, 0.5) is 0 Å². The molecule has 0 aliphatic heterocycles. The summed E-state index contributed by atoms with van der Waals surface area (Å²) in [7, 11) is 1.61. The van der Waals surface area contributed by atoms with Crippen molar-refractivity contribution >= 4 is 16.9 Å². The molecule has 1 aromatic heterocycles. The summed E-state index contributed by atoms with van der Waals surface area (Å²) in [4.78, 5) is 19.2. The molecule has 0 spiro atoms. The van der Waals surface area contributed by atoms with E-state index in [-0.39, 0.29) is 19.1 Å². The largest absolute Gasteiger partial charge is 0.493 e.